The van der Waals surface area contributed by atoms with Crippen LogP contribution in [0.5, 0.6) is 5.75 Å². The van der Waals surface area contributed by atoms with Crippen LogP contribution in [0.2, 0.25) is 0 Å². The molecule has 1 aromatic heterocycles. The molecule has 6 nitrogen and oxygen atoms in total. The molecule has 7 heteroatoms. The largest absolute Gasteiger partial charge is 0.491 e. The lowest BCUT2D eigenvalue weighted by molar-refractivity contribution is 0.0630. The van der Waals surface area contributed by atoms with E-state index in [1.54, 1.807) is 11.3 Å². The maximum Gasteiger partial charge on any atom is 0.273 e. The van der Waals surface area contributed by atoms with Crippen LogP contribution in [0.4, 0.5) is 0 Å². The third-order valence-electron chi connectivity index (χ3n) is 6.41. The molecule has 1 atom stereocenters. The molecule has 0 N–H and O–H groups in total. The van der Waals surface area contributed by atoms with Crippen molar-refractivity contribution >= 4 is 23.2 Å². The van der Waals surface area contributed by atoms with E-state index < -0.39 is 0 Å². The van der Waals surface area contributed by atoms with E-state index in [4.69, 9.17) is 9.72 Å². The molecular weight excluding hydrogens is 422 g/mol. The Morgan fingerprint density at radius 3 is 2.41 bits per heavy atom. The van der Waals surface area contributed by atoms with Gasteiger partial charge in [0, 0.05) is 42.5 Å². The van der Waals surface area contributed by atoms with Gasteiger partial charge in [0.2, 0.25) is 0 Å². The van der Waals surface area contributed by atoms with E-state index in [1.807, 2.05) is 53.3 Å². The van der Waals surface area contributed by atoms with Crippen molar-refractivity contribution in [1.29, 1.82) is 0 Å². The second kappa shape index (κ2) is 10.0. The molecule has 1 unspecified atom stereocenters. The fraction of sp³-hybridized carbons (Fsp3) is 0.560. The zero-order chi connectivity index (χ0) is 22.7. The second-order valence-corrected chi connectivity index (χ2v) is 10.1. The molecule has 0 spiro atoms. The summed E-state index contributed by atoms with van der Waals surface area (Å²) < 4.78 is 5.66. The summed E-state index contributed by atoms with van der Waals surface area (Å²) in [7, 11) is 0. The summed E-state index contributed by atoms with van der Waals surface area (Å²) >= 11 is 1.59. The molecule has 2 aliphatic rings. The summed E-state index contributed by atoms with van der Waals surface area (Å²) in [6.45, 7) is 8.34. The van der Waals surface area contributed by atoms with Crippen LogP contribution in [0.25, 0.3) is 0 Å². The zero-order valence-corrected chi connectivity index (χ0v) is 20.1. The van der Waals surface area contributed by atoms with E-state index in [-0.39, 0.29) is 17.9 Å². The van der Waals surface area contributed by atoms with E-state index >= 15 is 0 Å². The normalized spacial score (nSPS) is 19.9. The van der Waals surface area contributed by atoms with Crippen molar-refractivity contribution in [3.63, 3.8) is 0 Å². The Bertz CT molecular complexity index is 932. The number of amides is 2. The van der Waals surface area contributed by atoms with E-state index in [0.29, 0.717) is 36.3 Å². The van der Waals surface area contributed by atoms with Crippen LogP contribution in [0.3, 0.4) is 0 Å². The van der Waals surface area contributed by atoms with Crippen molar-refractivity contribution < 1.29 is 14.3 Å². The Morgan fingerprint density at radius 2 is 1.75 bits per heavy atom. The first-order valence-electron chi connectivity index (χ1n) is 11.7. The molecule has 0 saturated carbocycles. The molecule has 2 saturated heterocycles. The smallest absolute Gasteiger partial charge is 0.273 e. The van der Waals surface area contributed by atoms with E-state index in [0.717, 1.165) is 43.0 Å². The summed E-state index contributed by atoms with van der Waals surface area (Å²) in [4.78, 5) is 34.4. The number of rotatable bonds is 5. The summed E-state index contributed by atoms with van der Waals surface area (Å²) in [5.41, 5.74) is 1.28. The standard InChI is InChI=1S/C25H33N3O3S/c1-17(2)31-21-9-7-20(8-10-21)24(29)27-14-11-19(12-15-27)23-26-22(16-32-23)25(30)28-13-5-4-6-18(28)3/h7-10,16-19H,4-6,11-15H2,1-3H3. The van der Waals surface area contributed by atoms with Crippen LogP contribution in [0, 0.1) is 0 Å². The van der Waals surface area contributed by atoms with Crippen molar-refractivity contribution in [1.82, 2.24) is 14.8 Å². The minimum atomic E-state index is 0.0636. The molecule has 32 heavy (non-hydrogen) atoms. The van der Waals surface area contributed by atoms with Gasteiger partial charge in [-0.2, -0.15) is 0 Å². The molecule has 2 aromatic rings. The topological polar surface area (TPSA) is 62.7 Å². The minimum absolute atomic E-state index is 0.0636. The average Bonchev–Trinajstić information content (AvgIpc) is 3.29. The first-order chi connectivity index (χ1) is 15.4. The summed E-state index contributed by atoms with van der Waals surface area (Å²) in [5, 5.41) is 2.94. The first kappa shape index (κ1) is 22.8. The number of benzene rings is 1. The number of nitrogens with zero attached hydrogens (tertiary/aromatic N) is 3. The minimum Gasteiger partial charge on any atom is -0.491 e. The molecule has 2 fully saturated rings. The highest BCUT2D eigenvalue weighted by Gasteiger charge is 2.29. The molecule has 172 valence electrons. The number of carbonyl (C=O) groups excluding carboxylic acids is 2. The van der Waals surface area contributed by atoms with Crippen LogP contribution < -0.4 is 4.74 Å². The van der Waals surface area contributed by atoms with E-state index in [9.17, 15) is 9.59 Å². The SMILES string of the molecule is CC(C)Oc1ccc(C(=O)N2CCC(c3nc(C(=O)N4CCCCC4C)cs3)CC2)cc1. The fourth-order valence-electron chi connectivity index (χ4n) is 4.58. The Morgan fingerprint density at radius 1 is 1.03 bits per heavy atom. The van der Waals surface area contributed by atoms with Gasteiger partial charge >= 0.3 is 0 Å². The number of likely N-dealkylation sites (tertiary alicyclic amines) is 2. The molecule has 4 rings (SSSR count). The highest BCUT2D eigenvalue weighted by atomic mass is 32.1. The lowest BCUT2D eigenvalue weighted by Gasteiger charge is -2.33. The number of carbonyl (C=O) groups is 2. The van der Waals surface area contributed by atoms with Crippen molar-refractivity contribution in [2.45, 2.75) is 70.9 Å². The third-order valence-corrected chi connectivity index (χ3v) is 7.42. The highest BCUT2D eigenvalue weighted by molar-refractivity contribution is 7.09. The van der Waals surface area contributed by atoms with Gasteiger partial charge in [0.25, 0.3) is 11.8 Å². The van der Waals surface area contributed by atoms with Gasteiger partial charge in [-0.25, -0.2) is 4.98 Å². The molecule has 3 heterocycles. The predicted molar refractivity (Wildman–Crippen MR) is 127 cm³/mol. The van der Waals surface area contributed by atoms with Crippen molar-refractivity contribution in [3.05, 3.63) is 45.9 Å². The van der Waals surface area contributed by atoms with Crippen LogP contribution in [-0.4, -0.2) is 58.4 Å². The van der Waals surface area contributed by atoms with Crippen molar-refractivity contribution in [3.8, 4) is 5.75 Å². The number of hydrogen-bond donors (Lipinski definition) is 0. The van der Waals surface area contributed by atoms with Gasteiger partial charge < -0.3 is 14.5 Å². The number of thiazole rings is 1. The summed E-state index contributed by atoms with van der Waals surface area (Å²) in [5.74, 6) is 1.22. The molecule has 2 amide bonds. The third kappa shape index (κ3) is 5.14. The van der Waals surface area contributed by atoms with Crippen LogP contribution in [-0.2, 0) is 0 Å². The number of aromatic nitrogens is 1. The molecule has 1 aromatic carbocycles. The van der Waals surface area contributed by atoms with Gasteiger partial charge in [-0.05, 0) is 77.1 Å². The zero-order valence-electron chi connectivity index (χ0n) is 19.3. The monoisotopic (exact) mass is 455 g/mol. The quantitative estimate of drug-likeness (QED) is 0.639. The first-order valence-corrected chi connectivity index (χ1v) is 12.6. The van der Waals surface area contributed by atoms with Gasteiger partial charge in [0.1, 0.15) is 11.4 Å². The fourth-order valence-corrected chi connectivity index (χ4v) is 5.55. The van der Waals surface area contributed by atoms with Gasteiger partial charge in [-0.3, -0.25) is 9.59 Å². The highest BCUT2D eigenvalue weighted by Crippen LogP contribution is 2.32. The van der Waals surface area contributed by atoms with Gasteiger partial charge in [0.05, 0.1) is 11.1 Å². The Hall–Kier alpha value is -2.41. The Balaban J connectivity index is 1.33. The number of hydrogen-bond acceptors (Lipinski definition) is 5. The molecule has 0 bridgehead atoms. The Kier molecular flexibility index (Phi) is 7.13. The molecule has 0 radical (unpaired) electrons. The van der Waals surface area contributed by atoms with Gasteiger partial charge in [-0.15, -0.1) is 11.3 Å². The van der Waals surface area contributed by atoms with Crippen molar-refractivity contribution in [2.75, 3.05) is 19.6 Å². The van der Waals surface area contributed by atoms with Gasteiger partial charge in [-0.1, -0.05) is 0 Å². The van der Waals surface area contributed by atoms with Crippen molar-refractivity contribution in [2.24, 2.45) is 0 Å². The molecule has 0 aliphatic carbocycles. The average molecular weight is 456 g/mol. The summed E-state index contributed by atoms with van der Waals surface area (Å²) in [6.07, 6.45) is 5.21. The number of piperidine rings is 2. The maximum atomic E-state index is 12.9. The predicted octanol–water partition coefficient (Wildman–Crippen LogP) is 4.96. The Labute approximate surface area is 194 Å². The van der Waals surface area contributed by atoms with Crippen LogP contribution in [0.15, 0.2) is 29.6 Å². The lowest BCUT2D eigenvalue weighted by Crippen LogP contribution is -2.42. The maximum absolute atomic E-state index is 12.9. The summed E-state index contributed by atoms with van der Waals surface area (Å²) in [6, 6.07) is 7.69. The number of ether oxygens (including phenoxy) is 1. The lowest BCUT2D eigenvalue weighted by atomic mass is 9.97. The molecule has 2 aliphatic heterocycles. The molecular formula is C25H33N3O3S. The van der Waals surface area contributed by atoms with Crippen LogP contribution in [0.1, 0.15) is 84.6 Å². The second-order valence-electron chi connectivity index (χ2n) is 9.17. The van der Waals surface area contributed by atoms with Crippen LogP contribution >= 0.6 is 11.3 Å². The van der Waals surface area contributed by atoms with E-state index in [1.165, 1.54) is 6.42 Å². The van der Waals surface area contributed by atoms with Gasteiger partial charge in [0.15, 0.2) is 0 Å². The van der Waals surface area contributed by atoms with E-state index in [2.05, 4.69) is 6.92 Å².